The number of hydrogen-bond donors (Lipinski definition) is 2. The van der Waals surface area contributed by atoms with Crippen LogP contribution in [0.4, 0.5) is 8.78 Å². The van der Waals surface area contributed by atoms with Crippen LogP contribution in [-0.2, 0) is 14.0 Å². The number of aromatic nitrogens is 2. The van der Waals surface area contributed by atoms with Crippen molar-refractivity contribution in [2.24, 2.45) is 0 Å². The Hall–Kier alpha value is -1.69. The minimum atomic E-state index is -2.61. The first-order valence-electron chi connectivity index (χ1n) is 8.37. The second kappa shape index (κ2) is 7.04. The summed E-state index contributed by atoms with van der Waals surface area (Å²) in [7, 11) is -2.61. The molecule has 1 aliphatic rings. The maximum Gasteiger partial charge on any atom is 0.330 e. The summed E-state index contributed by atoms with van der Waals surface area (Å²) in [5, 5.41) is 9.39. The van der Waals surface area contributed by atoms with Crippen molar-refractivity contribution in [2.45, 2.75) is 63.0 Å². The molecule has 0 amide bonds. The molecule has 11 heteroatoms. The van der Waals surface area contributed by atoms with Crippen LogP contribution in [0.15, 0.2) is 15.8 Å². The van der Waals surface area contributed by atoms with Crippen molar-refractivity contribution >= 4 is 14.6 Å². The number of carbonyl (C=O) groups excluding carboxylic acids is 1. The van der Waals surface area contributed by atoms with E-state index in [4.69, 9.17) is 9.16 Å². The molecule has 0 saturated carbocycles. The maximum atomic E-state index is 15.3. The highest BCUT2D eigenvalue weighted by atomic mass is 28.4. The first-order chi connectivity index (χ1) is 12.3. The van der Waals surface area contributed by atoms with E-state index in [2.05, 4.69) is 0 Å². The standard InChI is InChI=1S/C16H24F2N2O6Si/c1-15(2,3)27(4,5)26-11-10(18)13(25-16(11,7-21)8-22)20-6-9(17)12(23)19-14(20)24/h6-7,10-11,13,22H,8H2,1-5H3,(H,19,23,24)/t10-,11?,13+,16+/m0/s1. The predicted molar refractivity (Wildman–Crippen MR) is 94.2 cm³/mol. The second-order valence-electron chi connectivity index (χ2n) is 8.13. The lowest BCUT2D eigenvalue weighted by molar-refractivity contribution is -0.150. The minimum absolute atomic E-state index is 0.227. The van der Waals surface area contributed by atoms with Crippen molar-refractivity contribution in [3.05, 3.63) is 32.9 Å². The van der Waals surface area contributed by atoms with Crippen LogP contribution in [0.5, 0.6) is 0 Å². The number of nitrogens with one attached hydrogen (secondary N) is 1. The highest BCUT2D eigenvalue weighted by Gasteiger charge is 2.60. The Kier molecular flexibility index (Phi) is 5.63. The van der Waals surface area contributed by atoms with Gasteiger partial charge in [0.05, 0.1) is 12.8 Å². The molecular weight excluding hydrogens is 382 g/mol. The molecular formula is C16H24F2N2O6Si. The zero-order valence-electron chi connectivity index (χ0n) is 15.8. The maximum absolute atomic E-state index is 15.3. The third-order valence-corrected chi connectivity index (χ3v) is 9.71. The fourth-order valence-electron chi connectivity index (χ4n) is 2.55. The summed E-state index contributed by atoms with van der Waals surface area (Å²) >= 11 is 0. The summed E-state index contributed by atoms with van der Waals surface area (Å²) in [6, 6.07) is 0. The summed E-state index contributed by atoms with van der Waals surface area (Å²) in [6.07, 6.45) is -4.60. The van der Waals surface area contributed by atoms with Crippen molar-refractivity contribution in [1.82, 2.24) is 9.55 Å². The summed E-state index contributed by atoms with van der Waals surface area (Å²) in [5.41, 5.74) is -4.44. The lowest BCUT2D eigenvalue weighted by atomic mass is 9.99. The number of carbonyl (C=O) groups is 1. The Labute approximate surface area is 155 Å². The Morgan fingerprint density at radius 1 is 1.44 bits per heavy atom. The molecule has 1 aliphatic heterocycles. The molecule has 152 valence electrons. The first kappa shape index (κ1) is 21.6. The molecule has 1 unspecified atom stereocenters. The highest BCUT2D eigenvalue weighted by molar-refractivity contribution is 6.74. The van der Waals surface area contributed by atoms with Gasteiger partial charge in [-0.25, -0.2) is 9.18 Å². The number of hydrogen-bond acceptors (Lipinski definition) is 6. The second-order valence-corrected chi connectivity index (χ2v) is 12.9. The number of aromatic amines is 1. The molecule has 0 aromatic carbocycles. The average Bonchev–Trinajstić information content (AvgIpc) is 2.83. The topological polar surface area (TPSA) is 111 Å². The number of alkyl halides is 1. The van der Waals surface area contributed by atoms with Gasteiger partial charge in [-0.05, 0) is 18.1 Å². The smallest absolute Gasteiger partial charge is 0.330 e. The van der Waals surface area contributed by atoms with Gasteiger partial charge in [-0.3, -0.25) is 19.1 Å². The number of aliphatic hydroxyl groups excluding tert-OH is 1. The van der Waals surface area contributed by atoms with Gasteiger partial charge in [0.25, 0.3) is 5.56 Å². The van der Waals surface area contributed by atoms with Gasteiger partial charge in [-0.1, -0.05) is 20.8 Å². The molecule has 1 aromatic rings. The molecule has 1 fully saturated rings. The summed E-state index contributed by atoms with van der Waals surface area (Å²) < 4.78 is 40.7. The van der Waals surface area contributed by atoms with Crippen LogP contribution in [0.2, 0.25) is 18.1 Å². The quantitative estimate of drug-likeness (QED) is 0.554. The lowest BCUT2D eigenvalue weighted by Crippen LogP contribution is -2.55. The van der Waals surface area contributed by atoms with Crippen molar-refractivity contribution in [3.8, 4) is 0 Å². The minimum Gasteiger partial charge on any atom is -0.407 e. The van der Waals surface area contributed by atoms with Crippen LogP contribution >= 0.6 is 0 Å². The molecule has 2 heterocycles. The molecule has 27 heavy (non-hydrogen) atoms. The van der Waals surface area contributed by atoms with Gasteiger partial charge in [0.15, 0.2) is 32.6 Å². The predicted octanol–water partition coefficient (Wildman–Crippen LogP) is 0.863. The van der Waals surface area contributed by atoms with Crippen LogP contribution in [-0.4, -0.2) is 53.7 Å². The van der Waals surface area contributed by atoms with Crippen molar-refractivity contribution in [1.29, 1.82) is 0 Å². The molecule has 2 N–H and O–H groups in total. The molecule has 0 aliphatic carbocycles. The van der Waals surface area contributed by atoms with Crippen LogP contribution in [0.3, 0.4) is 0 Å². The largest absolute Gasteiger partial charge is 0.407 e. The fourth-order valence-corrected chi connectivity index (χ4v) is 3.87. The van der Waals surface area contributed by atoms with Crippen molar-refractivity contribution < 1.29 is 27.8 Å². The Morgan fingerprint density at radius 3 is 2.52 bits per heavy atom. The van der Waals surface area contributed by atoms with Gasteiger partial charge in [-0.2, -0.15) is 4.39 Å². The number of ether oxygens (including phenoxy) is 1. The SMILES string of the molecule is CC(C)(C)[Si](C)(C)OC1[C@H](F)[C@H](n2cc(F)c(=O)[nH]c2=O)O[C@]1(C=O)CO. The van der Waals surface area contributed by atoms with Gasteiger partial charge < -0.3 is 14.3 Å². The van der Waals surface area contributed by atoms with Crippen LogP contribution in [0.25, 0.3) is 0 Å². The van der Waals surface area contributed by atoms with Crippen LogP contribution < -0.4 is 11.2 Å². The summed E-state index contributed by atoms with van der Waals surface area (Å²) in [6.45, 7) is 8.47. The van der Waals surface area contributed by atoms with E-state index in [1.165, 1.54) is 0 Å². The molecule has 1 aromatic heterocycles. The molecule has 2 rings (SSSR count). The highest BCUT2D eigenvalue weighted by Crippen LogP contribution is 2.44. The van der Waals surface area contributed by atoms with E-state index in [0.717, 1.165) is 0 Å². The van der Waals surface area contributed by atoms with Gasteiger partial charge in [0, 0.05) is 0 Å². The first-order valence-corrected chi connectivity index (χ1v) is 11.3. The number of halogens is 2. The van der Waals surface area contributed by atoms with E-state index in [1.807, 2.05) is 33.9 Å². The number of aliphatic hydroxyl groups is 1. The van der Waals surface area contributed by atoms with Gasteiger partial charge in [0.2, 0.25) is 5.82 Å². The molecule has 1 saturated heterocycles. The average molecular weight is 406 g/mol. The van der Waals surface area contributed by atoms with Crippen LogP contribution in [0, 0.1) is 5.82 Å². The van der Waals surface area contributed by atoms with Crippen LogP contribution in [0.1, 0.15) is 27.0 Å². The molecule has 0 bridgehead atoms. The molecule has 0 spiro atoms. The number of H-pyrrole nitrogens is 1. The third-order valence-electron chi connectivity index (χ3n) is 5.26. The normalized spacial score (nSPS) is 29.1. The Bertz CT molecular complexity index is 833. The molecule has 0 radical (unpaired) electrons. The van der Waals surface area contributed by atoms with E-state index in [0.29, 0.717) is 10.8 Å². The zero-order valence-corrected chi connectivity index (χ0v) is 16.8. The molecule has 8 nitrogen and oxygen atoms in total. The Balaban J connectivity index is 2.52. The van der Waals surface area contributed by atoms with E-state index in [-0.39, 0.29) is 11.3 Å². The van der Waals surface area contributed by atoms with Crippen molar-refractivity contribution in [3.63, 3.8) is 0 Å². The third kappa shape index (κ3) is 3.68. The summed E-state index contributed by atoms with van der Waals surface area (Å²) in [5.74, 6) is -1.32. The van der Waals surface area contributed by atoms with E-state index in [9.17, 15) is 23.9 Å². The van der Waals surface area contributed by atoms with Crippen molar-refractivity contribution in [2.75, 3.05) is 6.61 Å². The zero-order chi connectivity index (χ0) is 20.8. The lowest BCUT2D eigenvalue weighted by Gasteiger charge is -2.41. The molecule has 4 atom stereocenters. The number of aldehydes is 1. The monoisotopic (exact) mass is 406 g/mol. The van der Waals surface area contributed by atoms with E-state index in [1.54, 1.807) is 4.98 Å². The van der Waals surface area contributed by atoms with E-state index >= 15 is 4.39 Å². The number of rotatable bonds is 5. The summed E-state index contributed by atoms with van der Waals surface area (Å²) in [4.78, 5) is 36.6. The van der Waals surface area contributed by atoms with Gasteiger partial charge in [0.1, 0.15) is 6.10 Å². The number of nitrogens with zero attached hydrogens (tertiary/aromatic N) is 1. The van der Waals surface area contributed by atoms with Gasteiger partial charge >= 0.3 is 5.69 Å². The van der Waals surface area contributed by atoms with Gasteiger partial charge in [-0.15, -0.1) is 0 Å². The fraction of sp³-hybridized carbons (Fsp3) is 0.688. The van der Waals surface area contributed by atoms with E-state index < -0.39 is 56.1 Å². The Morgan fingerprint density at radius 2 is 2.04 bits per heavy atom.